The number of nitrogens with one attached hydrogen (secondary N) is 3. The van der Waals surface area contributed by atoms with Crippen LogP contribution in [-0.2, 0) is 16.0 Å². The number of imidazole rings is 1. The fourth-order valence-corrected chi connectivity index (χ4v) is 2.53. The molecule has 8 nitrogen and oxygen atoms in total. The van der Waals surface area contributed by atoms with Gasteiger partial charge in [0.2, 0.25) is 0 Å². The van der Waals surface area contributed by atoms with E-state index in [4.69, 9.17) is 33.8 Å². The van der Waals surface area contributed by atoms with Crippen LogP contribution in [0.25, 0.3) is 0 Å². The van der Waals surface area contributed by atoms with E-state index in [2.05, 4.69) is 19.6 Å². The first-order valence-corrected chi connectivity index (χ1v) is 7.06. The van der Waals surface area contributed by atoms with E-state index in [9.17, 15) is 9.59 Å². The molecule has 0 aliphatic carbocycles. The summed E-state index contributed by atoms with van der Waals surface area (Å²) < 4.78 is 0. The maximum Gasteiger partial charge on any atom is 0.322 e. The number of aromatic amines is 1. The molecule has 0 fully saturated rings. The lowest BCUT2D eigenvalue weighted by molar-refractivity contribution is -0.139. The van der Waals surface area contributed by atoms with Gasteiger partial charge in [0.05, 0.1) is 0 Å². The number of hydrogen-bond donors (Lipinski definition) is 5. The molecule has 5 N–H and O–H groups in total. The van der Waals surface area contributed by atoms with Crippen LogP contribution in [0.15, 0.2) is 11.4 Å². The summed E-state index contributed by atoms with van der Waals surface area (Å²) in [5, 5.41) is 18.1. The molecule has 1 aromatic heterocycles. The van der Waals surface area contributed by atoms with E-state index < -0.39 is 24.0 Å². The Labute approximate surface area is 128 Å². The van der Waals surface area contributed by atoms with E-state index in [-0.39, 0.29) is 12.2 Å². The number of aromatic nitrogens is 2. The van der Waals surface area contributed by atoms with Crippen LogP contribution in [0, 0.1) is 0 Å². The van der Waals surface area contributed by atoms with Gasteiger partial charge in [-0.15, -0.1) is 0 Å². The second kappa shape index (κ2) is 8.32. The van der Waals surface area contributed by atoms with Crippen LogP contribution in [0.5, 0.6) is 0 Å². The highest BCUT2D eigenvalue weighted by Crippen LogP contribution is 2.16. The Morgan fingerprint density at radius 3 is 2.40 bits per heavy atom. The van der Waals surface area contributed by atoms with Crippen molar-refractivity contribution < 1.29 is 19.8 Å². The molecule has 2 atom stereocenters. The fraction of sp³-hybridized carbons (Fsp3) is 0.444. The second-order valence-corrected chi connectivity index (χ2v) is 5.17. The monoisotopic (exact) mass is 342 g/mol. The third-order valence-electron chi connectivity index (χ3n) is 2.28. The third kappa shape index (κ3) is 5.17. The number of thioether (sulfide) groups is 1. The van der Waals surface area contributed by atoms with Crippen LogP contribution in [0.1, 0.15) is 5.69 Å². The topological polar surface area (TPSA) is 127 Å². The smallest absolute Gasteiger partial charge is 0.322 e. The highest BCUT2D eigenvalue weighted by atomic mass is 35.5. The quantitative estimate of drug-likeness (QED) is 0.323. The van der Waals surface area contributed by atoms with Crippen molar-refractivity contribution in [2.24, 2.45) is 0 Å². The summed E-state index contributed by atoms with van der Waals surface area (Å²) in [5.74, 6) is -1.99. The normalized spacial score (nSPS) is 13.9. The summed E-state index contributed by atoms with van der Waals surface area (Å²) in [7, 11) is 0. The predicted octanol–water partition coefficient (Wildman–Crippen LogP) is 0.438. The van der Waals surface area contributed by atoms with E-state index >= 15 is 0 Å². The fourth-order valence-electron chi connectivity index (χ4n) is 1.22. The zero-order chi connectivity index (χ0) is 15.1. The first-order valence-electron chi connectivity index (χ1n) is 5.32. The average Bonchev–Trinajstić information content (AvgIpc) is 2.83. The Kier molecular flexibility index (Phi) is 7.10. The molecule has 0 aliphatic rings. The lowest BCUT2D eigenvalue weighted by Gasteiger charge is -2.08. The number of carbonyl (C=O) groups is 2. The van der Waals surface area contributed by atoms with Gasteiger partial charge >= 0.3 is 11.9 Å². The maximum absolute atomic E-state index is 10.8. The Morgan fingerprint density at radius 1 is 1.30 bits per heavy atom. The summed E-state index contributed by atoms with van der Waals surface area (Å²) in [6, 6.07) is -1.85. The van der Waals surface area contributed by atoms with Gasteiger partial charge in [-0.05, 0) is 23.6 Å². The molecule has 0 bridgehead atoms. The van der Waals surface area contributed by atoms with Crippen molar-refractivity contribution in [3.63, 3.8) is 0 Å². The first-order chi connectivity index (χ1) is 9.47. The molecule has 1 heterocycles. The predicted molar refractivity (Wildman–Crippen MR) is 73.8 cm³/mol. The standard InChI is InChI=1S/C9H12Cl2N4O4S/c10-14-5(7(16)17)1-4-2-12-9(13-4)20-3-6(15-11)8(18)19/h2,5-6,14-15H,1,3H2,(H,12,13)(H,16,17)(H,18,19). The van der Waals surface area contributed by atoms with Gasteiger partial charge in [-0.25, -0.2) is 14.7 Å². The van der Waals surface area contributed by atoms with Crippen LogP contribution in [0.3, 0.4) is 0 Å². The number of H-pyrrole nitrogens is 1. The molecule has 0 saturated carbocycles. The molecule has 1 aromatic rings. The van der Waals surface area contributed by atoms with Crippen LogP contribution < -0.4 is 9.67 Å². The molecule has 20 heavy (non-hydrogen) atoms. The molecule has 112 valence electrons. The van der Waals surface area contributed by atoms with Crippen molar-refractivity contribution in [1.82, 2.24) is 19.6 Å². The van der Waals surface area contributed by atoms with E-state index in [1.807, 2.05) is 0 Å². The summed E-state index contributed by atoms with van der Waals surface area (Å²) in [6.45, 7) is 0. The van der Waals surface area contributed by atoms with E-state index in [0.717, 1.165) is 11.8 Å². The van der Waals surface area contributed by atoms with Crippen molar-refractivity contribution in [2.75, 3.05) is 5.75 Å². The van der Waals surface area contributed by atoms with Gasteiger partial charge in [0.15, 0.2) is 5.16 Å². The number of carboxylic acid groups (broad SMARTS) is 2. The lowest BCUT2D eigenvalue weighted by Crippen LogP contribution is -2.33. The Balaban J connectivity index is 2.55. The van der Waals surface area contributed by atoms with Crippen LogP contribution >= 0.6 is 35.3 Å². The van der Waals surface area contributed by atoms with Crippen molar-refractivity contribution in [3.05, 3.63) is 11.9 Å². The zero-order valence-corrected chi connectivity index (χ0v) is 12.3. The lowest BCUT2D eigenvalue weighted by atomic mass is 10.2. The van der Waals surface area contributed by atoms with Crippen molar-refractivity contribution >= 4 is 47.3 Å². The molecule has 2 unspecified atom stereocenters. The molecular weight excluding hydrogens is 331 g/mol. The summed E-state index contributed by atoms with van der Waals surface area (Å²) in [5.41, 5.74) is 0.568. The van der Waals surface area contributed by atoms with Gasteiger partial charge in [0.1, 0.15) is 12.1 Å². The summed E-state index contributed by atoms with van der Waals surface area (Å²) >= 11 is 11.8. The summed E-state index contributed by atoms with van der Waals surface area (Å²) in [4.78, 5) is 32.7. The van der Waals surface area contributed by atoms with Crippen LogP contribution in [0.2, 0.25) is 0 Å². The van der Waals surface area contributed by atoms with Crippen LogP contribution in [-0.4, -0.2) is 50.0 Å². The van der Waals surface area contributed by atoms with Gasteiger partial charge in [-0.3, -0.25) is 9.59 Å². The molecular formula is C9H12Cl2N4O4S. The minimum absolute atomic E-state index is 0.127. The van der Waals surface area contributed by atoms with Gasteiger partial charge in [-0.2, -0.15) is 0 Å². The highest BCUT2D eigenvalue weighted by Gasteiger charge is 2.19. The van der Waals surface area contributed by atoms with Gasteiger partial charge < -0.3 is 15.2 Å². The van der Waals surface area contributed by atoms with Gasteiger partial charge in [-0.1, -0.05) is 11.8 Å². The zero-order valence-electron chi connectivity index (χ0n) is 9.97. The van der Waals surface area contributed by atoms with Crippen molar-refractivity contribution in [1.29, 1.82) is 0 Å². The minimum Gasteiger partial charge on any atom is -0.480 e. The molecule has 0 aromatic carbocycles. The summed E-state index contributed by atoms with van der Waals surface area (Å²) in [6.07, 6.45) is 1.60. The average molecular weight is 343 g/mol. The van der Waals surface area contributed by atoms with Gasteiger partial charge in [0, 0.05) is 24.1 Å². The van der Waals surface area contributed by atoms with E-state index in [1.165, 1.54) is 6.20 Å². The number of hydrogen-bond acceptors (Lipinski definition) is 6. The number of halogens is 2. The molecule has 0 radical (unpaired) electrons. The Hall–Kier alpha value is -1.00. The molecule has 0 saturated heterocycles. The second-order valence-electron chi connectivity index (χ2n) is 3.73. The SMILES string of the molecule is O=C(O)C(CSc1ncc(CC(NCl)C(=O)O)[nH]1)NCl. The maximum atomic E-state index is 10.8. The molecule has 1 rings (SSSR count). The highest BCUT2D eigenvalue weighted by molar-refractivity contribution is 7.99. The number of aliphatic carboxylic acids is 2. The Bertz CT molecular complexity index is 473. The number of carboxylic acids is 2. The molecule has 11 heteroatoms. The number of rotatable bonds is 9. The molecule has 0 spiro atoms. The first kappa shape index (κ1) is 17.1. The van der Waals surface area contributed by atoms with Gasteiger partial charge in [0.25, 0.3) is 0 Å². The molecule has 0 aliphatic heterocycles. The van der Waals surface area contributed by atoms with Crippen LogP contribution in [0.4, 0.5) is 0 Å². The third-order valence-corrected chi connectivity index (χ3v) is 3.78. The Morgan fingerprint density at radius 2 is 1.90 bits per heavy atom. The largest absolute Gasteiger partial charge is 0.480 e. The minimum atomic E-state index is -1.08. The van der Waals surface area contributed by atoms with Crippen molar-refractivity contribution in [2.45, 2.75) is 23.7 Å². The van der Waals surface area contributed by atoms with Crippen molar-refractivity contribution in [3.8, 4) is 0 Å². The molecule has 0 amide bonds. The van der Waals surface area contributed by atoms with E-state index in [0.29, 0.717) is 10.9 Å². The van der Waals surface area contributed by atoms with E-state index in [1.54, 1.807) is 0 Å². The number of nitrogens with zero attached hydrogens (tertiary/aromatic N) is 1.